The number of carbonyl (C=O) groups excluding carboxylic acids is 1. The Balaban J connectivity index is 1.84. The topological polar surface area (TPSA) is 52.9 Å². The molecule has 0 fully saturated rings. The molecule has 1 N–H and O–H groups in total. The fourth-order valence-electron chi connectivity index (χ4n) is 2.75. The van der Waals surface area contributed by atoms with Gasteiger partial charge in [0.2, 0.25) is 5.91 Å². The van der Waals surface area contributed by atoms with Crippen LogP contribution in [0.2, 0.25) is 0 Å². The van der Waals surface area contributed by atoms with E-state index in [1.165, 1.54) is 5.56 Å². The van der Waals surface area contributed by atoms with Crippen molar-refractivity contribution in [3.05, 3.63) is 71.3 Å². The quantitative estimate of drug-likeness (QED) is 0.837. The lowest BCUT2D eigenvalue weighted by atomic mass is 9.88. The first-order chi connectivity index (χ1) is 11.6. The number of carbonyl (C=O) groups is 1. The average Bonchev–Trinajstić information content (AvgIpc) is 2.61. The molecule has 0 aliphatic rings. The summed E-state index contributed by atoms with van der Waals surface area (Å²) in [6.45, 7) is 5.02. The summed E-state index contributed by atoms with van der Waals surface area (Å²) in [4.78, 5) is 12.1. The van der Waals surface area contributed by atoms with Crippen molar-refractivity contribution < 1.29 is 4.79 Å². The number of amides is 1. The summed E-state index contributed by atoms with van der Waals surface area (Å²) in [6.07, 6.45) is 1.15. The van der Waals surface area contributed by atoms with Crippen molar-refractivity contribution in [2.24, 2.45) is 5.92 Å². The van der Waals surface area contributed by atoms with Gasteiger partial charge in [0.1, 0.15) is 0 Å². The third-order valence-electron chi connectivity index (χ3n) is 4.28. The normalized spacial score (nSPS) is 11.8. The molecule has 2 aromatic rings. The fourth-order valence-corrected chi connectivity index (χ4v) is 2.75. The molecule has 0 saturated carbocycles. The fraction of sp³-hybridized carbons (Fsp3) is 0.333. The van der Waals surface area contributed by atoms with Crippen LogP contribution in [-0.2, 0) is 11.2 Å². The zero-order valence-corrected chi connectivity index (χ0v) is 14.3. The molecule has 0 aromatic heterocycles. The molecule has 24 heavy (non-hydrogen) atoms. The van der Waals surface area contributed by atoms with Crippen molar-refractivity contribution in [3.8, 4) is 6.07 Å². The van der Waals surface area contributed by atoms with Crippen LogP contribution in [0.5, 0.6) is 0 Å². The van der Waals surface area contributed by atoms with Gasteiger partial charge in [0.05, 0.1) is 11.6 Å². The van der Waals surface area contributed by atoms with Crippen LogP contribution in [0, 0.1) is 17.2 Å². The summed E-state index contributed by atoms with van der Waals surface area (Å²) in [5.41, 5.74) is 2.98. The molecule has 0 aliphatic carbocycles. The van der Waals surface area contributed by atoms with Crippen molar-refractivity contribution in [2.75, 3.05) is 6.54 Å². The molecule has 1 atom stereocenters. The minimum atomic E-state index is 0.0703. The highest BCUT2D eigenvalue weighted by atomic mass is 16.1. The minimum Gasteiger partial charge on any atom is -0.355 e. The molecule has 3 nitrogen and oxygen atoms in total. The molecule has 0 aliphatic heterocycles. The lowest BCUT2D eigenvalue weighted by Crippen LogP contribution is -2.30. The summed E-state index contributed by atoms with van der Waals surface area (Å²) in [7, 11) is 0. The number of aryl methyl sites for hydroxylation is 1. The van der Waals surface area contributed by atoms with Crippen LogP contribution in [0.4, 0.5) is 0 Å². The van der Waals surface area contributed by atoms with Crippen molar-refractivity contribution >= 4 is 5.91 Å². The number of nitrogens with zero attached hydrogens (tertiary/aromatic N) is 1. The van der Waals surface area contributed by atoms with E-state index in [-0.39, 0.29) is 5.91 Å². The predicted molar refractivity (Wildman–Crippen MR) is 96.5 cm³/mol. The molecule has 0 heterocycles. The molecule has 1 amide bonds. The second kappa shape index (κ2) is 8.88. The number of hydrogen-bond acceptors (Lipinski definition) is 2. The second-order valence-electron chi connectivity index (χ2n) is 6.37. The number of rotatable bonds is 7. The zero-order chi connectivity index (χ0) is 17.4. The summed E-state index contributed by atoms with van der Waals surface area (Å²) in [6, 6.07) is 19.8. The van der Waals surface area contributed by atoms with Gasteiger partial charge in [0.25, 0.3) is 0 Å². The highest BCUT2D eigenvalue weighted by Crippen LogP contribution is 2.23. The van der Waals surface area contributed by atoms with E-state index in [1.54, 1.807) is 12.1 Å². The van der Waals surface area contributed by atoms with Gasteiger partial charge in [-0.05, 0) is 35.6 Å². The summed E-state index contributed by atoms with van der Waals surface area (Å²) < 4.78 is 0. The van der Waals surface area contributed by atoms with Crippen LogP contribution in [0.25, 0.3) is 0 Å². The molecule has 2 rings (SSSR count). The Hall–Kier alpha value is -2.60. The number of nitrogens with one attached hydrogen (secondary N) is 1. The van der Waals surface area contributed by atoms with Gasteiger partial charge >= 0.3 is 0 Å². The van der Waals surface area contributed by atoms with Gasteiger partial charge in [-0.2, -0.15) is 5.26 Å². The maximum Gasteiger partial charge on any atom is 0.220 e. The van der Waals surface area contributed by atoms with Crippen molar-refractivity contribution in [2.45, 2.75) is 32.6 Å². The van der Waals surface area contributed by atoms with E-state index in [1.807, 2.05) is 30.3 Å². The standard InChI is InChI=1S/C21H24N2O/c1-16(2)20(19-6-4-3-5-7-19)15-23-21(24)13-12-17-8-10-18(14-22)11-9-17/h3-11,16,20H,12-13,15H2,1-2H3,(H,23,24)/t20-/m1/s1. The Bertz CT molecular complexity index is 684. The predicted octanol–water partition coefficient (Wildman–Crippen LogP) is 4.05. The number of nitriles is 1. The van der Waals surface area contributed by atoms with Gasteiger partial charge in [-0.15, -0.1) is 0 Å². The molecular formula is C21H24N2O. The van der Waals surface area contributed by atoms with E-state index in [0.29, 0.717) is 36.8 Å². The van der Waals surface area contributed by atoms with Gasteiger partial charge in [-0.1, -0.05) is 56.3 Å². The number of hydrogen-bond donors (Lipinski definition) is 1. The first kappa shape index (κ1) is 17.7. The molecule has 0 bridgehead atoms. The average molecular weight is 320 g/mol. The molecule has 0 saturated heterocycles. The minimum absolute atomic E-state index is 0.0703. The van der Waals surface area contributed by atoms with Crippen molar-refractivity contribution in [1.82, 2.24) is 5.32 Å². The molecular weight excluding hydrogens is 296 g/mol. The zero-order valence-electron chi connectivity index (χ0n) is 14.3. The van der Waals surface area contributed by atoms with E-state index in [0.717, 1.165) is 5.56 Å². The third-order valence-corrected chi connectivity index (χ3v) is 4.28. The van der Waals surface area contributed by atoms with Crippen LogP contribution in [0.1, 0.15) is 42.9 Å². The first-order valence-electron chi connectivity index (χ1n) is 8.41. The lowest BCUT2D eigenvalue weighted by Gasteiger charge is -2.22. The highest BCUT2D eigenvalue weighted by Gasteiger charge is 2.16. The van der Waals surface area contributed by atoms with Crippen LogP contribution in [-0.4, -0.2) is 12.5 Å². The van der Waals surface area contributed by atoms with Gasteiger partial charge in [0, 0.05) is 18.9 Å². The van der Waals surface area contributed by atoms with Gasteiger partial charge in [-0.25, -0.2) is 0 Å². The van der Waals surface area contributed by atoms with Gasteiger partial charge in [0.15, 0.2) is 0 Å². The SMILES string of the molecule is CC(C)[C@@H](CNC(=O)CCc1ccc(C#N)cc1)c1ccccc1. The van der Waals surface area contributed by atoms with Gasteiger partial charge in [-0.3, -0.25) is 4.79 Å². The molecule has 2 aromatic carbocycles. The van der Waals surface area contributed by atoms with E-state index in [4.69, 9.17) is 5.26 Å². The molecule has 0 spiro atoms. The Labute approximate surface area is 144 Å². The first-order valence-corrected chi connectivity index (χ1v) is 8.41. The molecule has 0 unspecified atom stereocenters. The maximum atomic E-state index is 12.1. The third kappa shape index (κ3) is 5.24. The van der Waals surface area contributed by atoms with E-state index >= 15 is 0 Å². The smallest absolute Gasteiger partial charge is 0.220 e. The Morgan fingerprint density at radius 1 is 1.08 bits per heavy atom. The van der Waals surface area contributed by atoms with Crippen molar-refractivity contribution in [3.63, 3.8) is 0 Å². The Kier molecular flexibility index (Phi) is 6.57. The van der Waals surface area contributed by atoms with E-state index in [2.05, 4.69) is 37.4 Å². The van der Waals surface area contributed by atoms with E-state index < -0.39 is 0 Å². The van der Waals surface area contributed by atoms with E-state index in [9.17, 15) is 4.79 Å². The Morgan fingerprint density at radius 3 is 2.33 bits per heavy atom. The van der Waals surface area contributed by atoms with Gasteiger partial charge < -0.3 is 5.32 Å². The number of benzene rings is 2. The van der Waals surface area contributed by atoms with Crippen LogP contribution >= 0.6 is 0 Å². The highest BCUT2D eigenvalue weighted by molar-refractivity contribution is 5.76. The van der Waals surface area contributed by atoms with Crippen LogP contribution in [0.15, 0.2) is 54.6 Å². The summed E-state index contributed by atoms with van der Waals surface area (Å²) >= 11 is 0. The van der Waals surface area contributed by atoms with Crippen LogP contribution < -0.4 is 5.32 Å². The monoisotopic (exact) mass is 320 g/mol. The largest absolute Gasteiger partial charge is 0.355 e. The Morgan fingerprint density at radius 2 is 1.75 bits per heavy atom. The van der Waals surface area contributed by atoms with Crippen LogP contribution in [0.3, 0.4) is 0 Å². The summed E-state index contributed by atoms with van der Waals surface area (Å²) in [5, 5.41) is 11.9. The lowest BCUT2D eigenvalue weighted by molar-refractivity contribution is -0.121. The summed E-state index contributed by atoms with van der Waals surface area (Å²) in [5.74, 6) is 0.859. The second-order valence-corrected chi connectivity index (χ2v) is 6.37. The molecule has 124 valence electrons. The maximum absolute atomic E-state index is 12.1. The molecule has 0 radical (unpaired) electrons. The molecule has 3 heteroatoms. The van der Waals surface area contributed by atoms with Crippen molar-refractivity contribution in [1.29, 1.82) is 5.26 Å².